The molecule has 3 heterocycles. The number of aliphatic hydroxyl groups excluding tert-OH is 1. The Morgan fingerprint density at radius 1 is 1.33 bits per heavy atom. The Labute approximate surface area is 121 Å². The molecule has 0 aromatic carbocycles. The van der Waals surface area contributed by atoms with Gasteiger partial charge in [-0.3, -0.25) is 0 Å². The Bertz CT molecular complexity index is 707. The van der Waals surface area contributed by atoms with Crippen molar-refractivity contribution in [3.05, 3.63) is 42.1 Å². The van der Waals surface area contributed by atoms with Gasteiger partial charge in [-0.05, 0) is 30.7 Å². The molecule has 3 aromatic rings. The summed E-state index contributed by atoms with van der Waals surface area (Å²) < 4.78 is 7.13. The quantitative estimate of drug-likeness (QED) is 0.719. The molecule has 0 bridgehead atoms. The topological polar surface area (TPSA) is 88.5 Å². The van der Waals surface area contributed by atoms with E-state index in [1.807, 2.05) is 31.2 Å². The second-order valence-electron chi connectivity index (χ2n) is 4.68. The molecule has 0 radical (unpaired) electrons. The molecule has 0 saturated heterocycles. The van der Waals surface area contributed by atoms with Crippen LogP contribution in [0.2, 0.25) is 0 Å². The van der Waals surface area contributed by atoms with Gasteiger partial charge in [-0.1, -0.05) is 6.92 Å². The van der Waals surface area contributed by atoms with E-state index in [4.69, 9.17) is 4.42 Å². The van der Waals surface area contributed by atoms with Crippen molar-refractivity contribution in [2.45, 2.75) is 25.8 Å². The minimum Gasteiger partial charge on any atom is -0.467 e. The normalized spacial score (nSPS) is 12.7. The van der Waals surface area contributed by atoms with Crippen LogP contribution >= 0.6 is 0 Å². The van der Waals surface area contributed by atoms with Crippen LogP contribution in [0.4, 0.5) is 5.82 Å². The van der Waals surface area contributed by atoms with Crippen LogP contribution in [0.5, 0.6) is 0 Å². The molecule has 0 amide bonds. The second-order valence-corrected chi connectivity index (χ2v) is 4.68. The Hall–Kier alpha value is -2.41. The van der Waals surface area contributed by atoms with Gasteiger partial charge in [0.05, 0.1) is 12.3 Å². The van der Waals surface area contributed by atoms with Crippen molar-refractivity contribution in [3.8, 4) is 0 Å². The zero-order valence-electron chi connectivity index (χ0n) is 11.7. The Balaban J connectivity index is 1.88. The summed E-state index contributed by atoms with van der Waals surface area (Å²) in [7, 11) is 0. The van der Waals surface area contributed by atoms with E-state index in [2.05, 4.69) is 20.6 Å². The van der Waals surface area contributed by atoms with Gasteiger partial charge < -0.3 is 14.8 Å². The number of furan rings is 1. The average Bonchev–Trinajstić information content (AvgIpc) is 3.16. The van der Waals surface area contributed by atoms with Crippen LogP contribution < -0.4 is 5.32 Å². The zero-order chi connectivity index (χ0) is 14.7. The van der Waals surface area contributed by atoms with E-state index in [1.165, 1.54) is 0 Å². The summed E-state index contributed by atoms with van der Waals surface area (Å²) in [5, 5.41) is 25.1. The van der Waals surface area contributed by atoms with Gasteiger partial charge in [-0.2, -0.15) is 4.52 Å². The fourth-order valence-electron chi connectivity index (χ4n) is 2.21. The van der Waals surface area contributed by atoms with Crippen molar-refractivity contribution in [1.82, 2.24) is 19.8 Å². The molecule has 0 aliphatic heterocycles. The van der Waals surface area contributed by atoms with E-state index in [0.29, 0.717) is 17.9 Å². The first kappa shape index (κ1) is 13.6. The molecule has 3 aromatic heterocycles. The van der Waals surface area contributed by atoms with Gasteiger partial charge in [-0.25, -0.2) is 0 Å². The van der Waals surface area contributed by atoms with Crippen LogP contribution in [0.25, 0.3) is 5.65 Å². The molecule has 0 fully saturated rings. The van der Waals surface area contributed by atoms with Crippen molar-refractivity contribution in [2.24, 2.45) is 0 Å². The number of rotatable bonds is 6. The van der Waals surface area contributed by atoms with E-state index in [9.17, 15) is 5.11 Å². The minimum atomic E-state index is -0.128. The predicted molar refractivity (Wildman–Crippen MR) is 76.9 cm³/mol. The summed E-state index contributed by atoms with van der Waals surface area (Å²) in [5.74, 6) is 2.27. The van der Waals surface area contributed by atoms with Crippen LogP contribution in [-0.4, -0.2) is 31.5 Å². The molecule has 21 heavy (non-hydrogen) atoms. The van der Waals surface area contributed by atoms with Crippen LogP contribution in [0.15, 0.2) is 34.9 Å². The lowest BCUT2D eigenvalue weighted by atomic mass is 10.1. The highest BCUT2D eigenvalue weighted by molar-refractivity contribution is 5.44. The third kappa shape index (κ3) is 2.73. The fraction of sp³-hybridized carbons (Fsp3) is 0.357. The van der Waals surface area contributed by atoms with Crippen LogP contribution in [0, 0.1) is 0 Å². The summed E-state index contributed by atoms with van der Waals surface area (Å²) >= 11 is 0. The zero-order valence-corrected chi connectivity index (χ0v) is 11.7. The highest BCUT2D eigenvalue weighted by Crippen LogP contribution is 2.22. The third-order valence-corrected chi connectivity index (χ3v) is 3.27. The van der Waals surface area contributed by atoms with Gasteiger partial charge >= 0.3 is 0 Å². The first-order valence-corrected chi connectivity index (χ1v) is 6.94. The van der Waals surface area contributed by atoms with E-state index in [0.717, 1.165) is 18.0 Å². The maximum atomic E-state index is 9.21. The third-order valence-electron chi connectivity index (χ3n) is 3.27. The monoisotopic (exact) mass is 287 g/mol. The second kappa shape index (κ2) is 5.92. The van der Waals surface area contributed by atoms with E-state index < -0.39 is 0 Å². The van der Waals surface area contributed by atoms with Gasteiger partial charge in [0.2, 0.25) is 0 Å². The van der Waals surface area contributed by atoms with Crippen LogP contribution in [0.3, 0.4) is 0 Å². The molecule has 0 aliphatic carbocycles. The number of aromatic nitrogens is 4. The van der Waals surface area contributed by atoms with Crippen molar-refractivity contribution in [1.29, 1.82) is 0 Å². The SMILES string of the molecule is CCc1nnc2ccc(NC(CCO)c3ccco3)nn12. The highest BCUT2D eigenvalue weighted by Gasteiger charge is 2.15. The van der Waals surface area contributed by atoms with Gasteiger partial charge in [0.25, 0.3) is 0 Å². The number of nitrogens with zero attached hydrogens (tertiary/aromatic N) is 4. The lowest BCUT2D eigenvalue weighted by molar-refractivity contribution is 0.273. The molecular weight excluding hydrogens is 270 g/mol. The molecule has 0 spiro atoms. The molecular formula is C14H17N5O2. The minimum absolute atomic E-state index is 0.0629. The molecule has 110 valence electrons. The predicted octanol–water partition coefficient (Wildman–Crippen LogP) is 1.82. The maximum Gasteiger partial charge on any atom is 0.178 e. The smallest absolute Gasteiger partial charge is 0.178 e. The summed E-state index contributed by atoms with van der Waals surface area (Å²) in [6.07, 6.45) is 2.92. The fourth-order valence-corrected chi connectivity index (χ4v) is 2.21. The molecule has 3 rings (SSSR count). The number of hydrogen-bond acceptors (Lipinski definition) is 6. The molecule has 2 N–H and O–H groups in total. The molecule has 1 atom stereocenters. The van der Waals surface area contributed by atoms with E-state index in [1.54, 1.807) is 10.8 Å². The number of aryl methyl sites for hydroxylation is 1. The molecule has 7 nitrogen and oxygen atoms in total. The van der Waals surface area contributed by atoms with E-state index in [-0.39, 0.29) is 12.6 Å². The van der Waals surface area contributed by atoms with Crippen LogP contribution in [-0.2, 0) is 6.42 Å². The number of fused-ring (bicyclic) bond motifs is 1. The summed E-state index contributed by atoms with van der Waals surface area (Å²) in [6.45, 7) is 2.07. The van der Waals surface area contributed by atoms with Crippen molar-refractivity contribution >= 4 is 11.5 Å². The number of aliphatic hydroxyl groups is 1. The van der Waals surface area contributed by atoms with Crippen molar-refractivity contribution < 1.29 is 9.52 Å². The Morgan fingerprint density at radius 3 is 2.95 bits per heavy atom. The number of nitrogens with one attached hydrogen (secondary N) is 1. The highest BCUT2D eigenvalue weighted by atomic mass is 16.3. The number of hydrogen-bond donors (Lipinski definition) is 2. The first-order chi connectivity index (χ1) is 10.3. The van der Waals surface area contributed by atoms with Crippen molar-refractivity contribution in [3.63, 3.8) is 0 Å². The average molecular weight is 287 g/mol. The summed E-state index contributed by atoms with van der Waals surface area (Å²) in [4.78, 5) is 0. The van der Waals surface area contributed by atoms with Gasteiger partial charge in [-0.15, -0.1) is 15.3 Å². The maximum absolute atomic E-state index is 9.21. The van der Waals surface area contributed by atoms with Gasteiger partial charge in [0.15, 0.2) is 11.5 Å². The number of anilines is 1. The van der Waals surface area contributed by atoms with Gasteiger partial charge in [0.1, 0.15) is 11.6 Å². The summed E-state index contributed by atoms with van der Waals surface area (Å²) in [6, 6.07) is 7.28. The Morgan fingerprint density at radius 2 is 2.24 bits per heavy atom. The summed E-state index contributed by atoms with van der Waals surface area (Å²) in [5.41, 5.74) is 0.717. The molecule has 0 saturated carbocycles. The Kier molecular flexibility index (Phi) is 3.83. The molecule has 7 heteroatoms. The van der Waals surface area contributed by atoms with Crippen molar-refractivity contribution in [2.75, 3.05) is 11.9 Å². The largest absolute Gasteiger partial charge is 0.467 e. The first-order valence-electron chi connectivity index (χ1n) is 6.94. The van der Waals surface area contributed by atoms with Crippen LogP contribution in [0.1, 0.15) is 31.0 Å². The molecule has 1 unspecified atom stereocenters. The van der Waals surface area contributed by atoms with Gasteiger partial charge in [0, 0.05) is 13.0 Å². The standard InChI is InChI=1S/C14H17N5O2/c1-2-13-16-17-14-6-5-12(18-19(13)14)15-10(7-8-20)11-4-3-9-21-11/h3-6,9-10,20H,2,7-8H2,1H3,(H,15,18). The lowest BCUT2D eigenvalue weighted by Gasteiger charge is -2.16. The lowest BCUT2D eigenvalue weighted by Crippen LogP contribution is -2.14. The van der Waals surface area contributed by atoms with E-state index >= 15 is 0 Å². The molecule has 0 aliphatic rings.